The van der Waals surface area contributed by atoms with E-state index >= 15 is 0 Å². The molecule has 0 unspecified atom stereocenters. The predicted octanol–water partition coefficient (Wildman–Crippen LogP) is 2.25. The van der Waals surface area contributed by atoms with Crippen LogP contribution in [0.15, 0.2) is 0 Å². The van der Waals surface area contributed by atoms with Crippen LogP contribution in [0.25, 0.3) is 0 Å². The Morgan fingerprint density at radius 3 is 2.21 bits per heavy atom. The van der Waals surface area contributed by atoms with Gasteiger partial charge in [-0.15, -0.1) is 24.8 Å². The number of halogens is 2. The van der Waals surface area contributed by atoms with Crippen LogP contribution in [0, 0.1) is 5.92 Å². The summed E-state index contributed by atoms with van der Waals surface area (Å²) in [7, 11) is 2.32. The van der Waals surface area contributed by atoms with Crippen LogP contribution in [0.4, 0.5) is 0 Å². The molecule has 0 aromatic carbocycles. The fraction of sp³-hybridized carbons (Fsp3) is 1.00. The van der Waals surface area contributed by atoms with Crippen LogP contribution in [0.1, 0.15) is 32.6 Å². The van der Waals surface area contributed by atoms with Gasteiger partial charge >= 0.3 is 0 Å². The third-order valence-electron chi connectivity index (χ3n) is 4.59. The highest BCUT2D eigenvalue weighted by Gasteiger charge is 2.21. The average molecular weight is 312 g/mol. The largest absolute Gasteiger partial charge is 0.314 e. The molecule has 1 saturated heterocycles. The minimum absolute atomic E-state index is 0. The van der Waals surface area contributed by atoms with E-state index in [1.807, 2.05) is 0 Å². The lowest BCUT2D eigenvalue weighted by molar-refractivity contribution is 0.141. The summed E-state index contributed by atoms with van der Waals surface area (Å²) in [6.45, 7) is 9.71. The minimum atomic E-state index is 0. The van der Waals surface area contributed by atoms with Crippen LogP contribution in [-0.2, 0) is 0 Å². The molecule has 1 saturated carbocycles. The first kappa shape index (κ1) is 19.5. The lowest BCUT2D eigenvalue weighted by Crippen LogP contribution is -2.47. The van der Waals surface area contributed by atoms with E-state index in [-0.39, 0.29) is 24.8 Å². The summed E-state index contributed by atoms with van der Waals surface area (Å²) < 4.78 is 0. The highest BCUT2D eigenvalue weighted by Crippen LogP contribution is 2.26. The van der Waals surface area contributed by atoms with Crippen molar-refractivity contribution in [2.24, 2.45) is 5.92 Å². The van der Waals surface area contributed by atoms with Crippen LogP contribution in [0.5, 0.6) is 0 Å². The lowest BCUT2D eigenvalue weighted by Gasteiger charge is -2.35. The number of nitrogens with zero attached hydrogens (tertiary/aromatic N) is 2. The van der Waals surface area contributed by atoms with E-state index in [0.717, 1.165) is 12.0 Å². The van der Waals surface area contributed by atoms with Gasteiger partial charge in [0.2, 0.25) is 0 Å². The normalized spacial score (nSPS) is 28.6. The number of hydrogen-bond acceptors (Lipinski definition) is 3. The molecule has 116 valence electrons. The zero-order valence-corrected chi connectivity index (χ0v) is 14.1. The van der Waals surface area contributed by atoms with Gasteiger partial charge in [-0.1, -0.05) is 6.92 Å². The molecule has 0 radical (unpaired) electrons. The topological polar surface area (TPSA) is 18.5 Å². The van der Waals surface area contributed by atoms with Gasteiger partial charge < -0.3 is 10.2 Å². The van der Waals surface area contributed by atoms with Gasteiger partial charge in [-0.05, 0) is 38.6 Å². The first-order chi connectivity index (χ1) is 8.25. The number of hydrogen-bond donors (Lipinski definition) is 1. The van der Waals surface area contributed by atoms with Crippen molar-refractivity contribution in [2.45, 2.75) is 38.6 Å². The third-order valence-corrected chi connectivity index (χ3v) is 4.59. The summed E-state index contributed by atoms with van der Waals surface area (Å²) in [5.41, 5.74) is 0. The first-order valence-electron chi connectivity index (χ1n) is 7.39. The Bertz CT molecular complexity index is 215. The van der Waals surface area contributed by atoms with Gasteiger partial charge in [0.15, 0.2) is 0 Å². The van der Waals surface area contributed by atoms with E-state index in [9.17, 15) is 0 Å². The molecule has 0 aromatic rings. The van der Waals surface area contributed by atoms with Gasteiger partial charge in [-0.25, -0.2) is 0 Å². The van der Waals surface area contributed by atoms with E-state index in [1.54, 1.807) is 0 Å². The predicted molar refractivity (Wildman–Crippen MR) is 87.9 cm³/mol. The Morgan fingerprint density at radius 1 is 1.05 bits per heavy atom. The Labute approximate surface area is 131 Å². The maximum absolute atomic E-state index is 3.42. The number of piperazine rings is 1. The van der Waals surface area contributed by atoms with Gasteiger partial charge in [0.05, 0.1) is 0 Å². The minimum Gasteiger partial charge on any atom is -0.314 e. The summed E-state index contributed by atoms with van der Waals surface area (Å²) in [6.07, 6.45) is 5.70. The highest BCUT2D eigenvalue weighted by molar-refractivity contribution is 5.85. The molecule has 19 heavy (non-hydrogen) atoms. The molecule has 1 heterocycles. The lowest BCUT2D eigenvalue weighted by atomic mass is 9.87. The molecule has 1 aliphatic carbocycles. The molecular weight excluding hydrogens is 281 g/mol. The van der Waals surface area contributed by atoms with Crippen molar-refractivity contribution in [3.05, 3.63) is 0 Å². The summed E-state index contributed by atoms with van der Waals surface area (Å²) in [4.78, 5) is 5.20. The van der Waals surface area contributed by atoms with Crippen molar-refractivity contribution in [1.82, 2.24) is 15.1 Å². The fourth-order valence-corrected chi connectivity index (χ4v) is 3.10. The van der Waals surface area contributed by atoms with E-state index in [2.05, 4.69) is 29.1 Å². The molecule has 2 rings (SSSR count). The first-order valence-corrected chi connectivity index (χ1v) is 7.39. The molecule has 0 atom stereocenters. The molecule has 0 aromatic heterocycles. The molecule has 5 heteroatoms. The number of nitrogens with one attached hydrogen (secondary N) is 1. The van der Waals surface area contributed by atoms with E-state index in [1.165, 1.54) is 65.0 Å². The third kappa shape index (κ3) is 6.63. The van der Waals surface area contributed by atoms with Crippen LogP contribution < -0.4 is 5.32 Å². The maximum atomic E-state index is 3.42. The Balaban J connectivity index is 0.00000162. The molecule has 0 bridgehead atoms. The van der Waals surface area contributed by atoms with Gasteiger partial charge in [-0.3, -0.25) is 4.90 Å². The SMILES string of the molecule is CC1CCC(N(C)CCN2CCNCC2)CC1.Cl.Cl. The highest BCUT2D eigenvalue weighted by atomic mass is 35.5. The molecule has 0 amide bonds. The van der Waals surface area contributed by atoms with Crippen molar-refractivity contribution in [1.29, 1.82) is 0 Å². The second-order valence-electron chi connectivity index (χ2n) is 5.99. The Morgan fingerprint density at radius 2 is 1.63 bits per heavy atom. The summed E-state index contributed by atoms with van der Waals surface area (Å²) in [5, 5.41) is 3.42. The monoisotopic (exact) mass is 311 g/mol. The summed E-state index contributed by atoms with van der Waals surface area (Å²) in [6, 6.07) is 0.856. The van der Waals surface area contributed by atoms with Crippen LogP contribution in [0.2, 0.25) is 0 Å². The smallest absolute Gasteiger partial charge is 0.0110 e. The molecule has 1 aliphatic heterocycles. The quantitative estimate of drug-likeness (QED) is 0.859. The Kier molecular flexibility index (Phi) is 10.5. The van der Waals surface area contributed by atoms with E-state index < -0.39 is 0 Å². The fourth-order valence-electron chi connectivity index (χ4n) is 3.10. The van der Waals surface area contributed by atoms with E-state index in [4.69, 9.17) is 0 Å². The van der Waals surface area contributed by atoms with Gasteiger partial charge in [0.1, 0.15) is 0 Å². The number of likely N-dealkylation sites (N-methyl/N-ethyl adjacent to an activating group) is 1. The van der Waals surface area contributed by atoms with Crippen LogP contribution in [0.3, 0.4) is 0 Å². The zero-order chi connectivity index (χ0) is 12.1. The molecule has 0 spiro atoms. The molecule has 2 aliphatic rings. The van der Waals surface area contributed by atoms with Crippen LogP contribution >= 0.6 is 24.8 Å². The van der Waals surface area contributed by atoms with Crippen molar-refractivity contribution in [3.8, 4) is 0 Å². The zero-order valence-electron chi connectivity index (χ0n) is 12.4. The van der Waals surface area contributed by atoms with Gasteiger partial charge in [-0.2, -0.15) is 0 Å². The van der Waals surface area contributed by atoms with E-state index in [0.29, 0.717) is 0 Å². The second-order valence-corrected chi connectivity index (χ2v) is 5.99. The summed E-state index contributed by atoms with van der Waals surface area (Å²) in [5.74, 6) is 0.966. The van der Waals surface area contributed by atoms with Gasteiger partial charge in [0.25, 0.3) is 0 Å². The van der Waals surface area contributed by atoms with Crippen LogP contribution in [-0.4, -0.2) is 62.2 Å². The molecule has 1 N–H and O–H groups in total. The average Bonchev–Trinajstić information content (AvgIpc) is 2.38. The second kappa shape index (κ2) is 10.2. The van der Waals surface area contributed by atoms with Crippen molar-refractivity contribution < 1.29 is 0 Å². The van der Waals surface area contributed by atoms with Crippen molar-refractivity contribution >= 4 is 24.8 Å². The number of rotatable bonds is 4. The maximum Gasteiger partial charge on any atom is 0.0110 e. The van der Waals surface area contributed by atoms with Gasteiger partial charge in [0, 0.05) is 45.3 Å². The molecule has 3 nitrogen and oxygen atoms in total. The molecule has 2 fully saturated rings. The Hall–Kier alpha value is 0.460. The van der Waals surface area contributed by atoms with Crippen molar-refractivity contribution in [3.63, 3.8) is 0 Å². The summed E-state index contributed by atoms with van der Waals surface area (Å²) >= 11 is 0. The molecular formula is C14H31Cl2N3. The standard InChI is InChI=1S/C14H29N3.2ClH/c1-13-3-5-14(6-4-13)16(2)11-12-17-9-7-15-8-10-17;;/h13-15H,3-12H2,1-2H3;2*1H. The van der Waals surface area contributed by atoms with Crippen molar-refractivity contribution in [2.75, 3.05) is 46.3 Å².